The average Bonchev–Trinajstić information content (AvgIpc) is 2.79. The Labute approximate surface area is 134 Å². The van der Waals surface area contributed by atoms with Crippen LogP contribution in [0.3, 0.4) is 0 Å². The third-order valence-corrected chi connectivity index (χ3v) is 5.21. The van der Waals surface area contributed by atoms with E-state index in [0.717, 1.165) is 13.0 Å². The second-order valence-corrected chi connectivity index (χ2v) is 7.67. The molecule has 108 valence electrons. The molecule has 1 aromatic heterocycles. The molecule has 1 N–H and O–H groups in total. The lowest BCUT2D eigenvalue weighted by Crippen LogP contribution is -2.23. The zero-order chi connectivity index (χ0) is 14.7. The van der Waals surface area contributed by atoms with Crippen molar-refractivity contribution in [3.63, 3.8) is 0 Å². The fraction of sp³-hybridized carbons (Fsp3) is 0.412. The quantitative estimate of drug-likeness (QED) is 0.767. The highest BCUT2D eigenvalue weighted by Crippen LogP contribution is 2.29. The first kappa shape index (κ1) is 15.7. The molecule has 2 aromatic rings. The van der Waals surface area contributed by atoms with E-state index >= 15 is 0 Å². The van der Waals surface area contributed by atoms with Crippen molar-refractivity contribution in [1.29, 1.82) is 0 Å². The number of rotatable bonds is 5. The van der Waals surface area contributed by atoms with Gasteiger partial charge in [0.15, 0.2) is 0 Å². The minimum atomic E-state index is 0.391. The third kappa shape index (κ3) is 3.72. The van der Waals surface area contributed by atoms with Crippen LogP contribution in [0.4, 0.5) is 0 Å². The summed E-state index contributed by atoms with van der Waals surface area (Å²) >= 11 is 5.32. The van der Waals surface area contributed by atoms with Gasteiger partial charge in [0.25, 0.3) is 0 Å². The number of aryl methyl sites for hydroxylation is 3. The monoisotopic (exact) mass is 351 g/mol. The van der Waals surface area contributed by atoms with Gasteiger partial charge < -0.3 is 5.32 Å². The summed E-state index contributed by atoms with van der Waals surface area (Å²) in [5.74, 6) is 0. The van der Waals surface area contributed by atoms with Gasteiger partial charge in [-0.15, -0.1) is 11.3 Å². The van der Waals surface area contributed by atoms with Gasteiger partial charge in [0.1, 0.15) is 0 Å². The Morgan fingerprint density at radius 3 is 2.30 bits per heavy atom. The van der Waals surface area contributed by atoms with Gasteiger partial charge in [-0.05, 0) is 83.4 Å². The molecule has 0 aliphatic rings. The van der Waals surface area contributed by atoms with E-state index in [-0.39, 0.29) is 0 Å². The first-order valence-electron chi connectivity index (χ1n) is 7.05. The maximum absolute atomic E-state index is 3.62. The van der Waals surface area contributed by atoms with Gasteiger partial charge in [0, 0.05) is 6.04 Å². The van der Waals surface area contributed by atoms with E-state index in [1.807, 2.05) is 0 Å². The van der Waals surface area contributed by atoms with E-state index in [1.165, 1.54) is 31.6 Å². The van der Waals surface area contributed by atoms with E-state index in [0.29, 0.717) is 6.04 Å². The summed E-state index contributed by atoms with van der Waals surface area (Å²) in [6, 6.07) is 7.20. The molecule has 0 aliphatic heterocycles. The number of hydrogen-bond acceptors (Lipinski definition) is 2. The predicted molar refractivity (Wildman–Crippen MR) is 92.8 cm³/mol. The van der Waals surface area contributed by atoms with Crippen LogP contribution in [-0.4, -0.2) is 6.54 Å². The summed E-state index contributed by atoms with van der Waals surface area (Å²) < 4.78 is 1.20. The molecule has 0 spiro atoms. The van der Waals surface area contributed by atoms with E-state index in [1.54, 1.807) is 11.3 Å². The molecule has 1 nitrogen and oxygen atoms in total. The van der Waals surface area contributed by atoms with Crippen LogP contribution in [0.15, 0.2) is 27.4 Å². The Hall–Kier alpha value is -0.640. The predicted octanol–water partition coefficient (Wildman–Crippen LogP) is 5.33. The topological polar surface area (TPSA) is 12.0 Å². The molecule has 1 aromatic carbocycles. The number of benzene rings is 1. The number of thiophene rings is 1. The summed E-state index contributed by atoms with van der Waals surface area (Å²) in [7, 11) is 0. The maximum atomic E-state index is 3.62. The van der Waals surface area contributed by atoms with Crippen molar-refractivity contribution < 1.29 is 0 Å². The smallest absolute Gasteiger partial charge is 0.0701 e. The molecule has 0 saturated carbocycles. The molecular weight excluding hydrogens is 330 g/mol. The molecule has 0 fully saturated rings. The van der Waals surface area contributed by atoms with E-state index in [2.05, 4.69) is 72.5 Å². The standard InChI is InChI=1S/C17H22BrNS/c1-5-19-16(14-8-17(18)20-10-14)9-15-12(3)6-11(2)7-13(15)4/h6-8,10,16,19H,5,9H2,1-4H3. The number of halogens is 1. The van der Waals surface area contributed by atoms with E-state index in [9.17, 15) is 0 Å². The van der Waals surface area contributed by atoms with E-state index in [4.69, 9.17) is 0 Å². The molecule has 3 heteroatoms. The van der Waals surface area contributed by atoms with Crippen molar-refractivity contribution in [3.8, 4) is 0 Å². The van der Waals surface area contributed by atoms with Crippen molar-refractivity contribution >= 4 is 27.3 Å². The van der Waals surface area contributed by atoms with Gasteiger partial charge >= 0.3 is 0 Å². The molecule has 20 heavy (non-hydrogen) atoms. The summed E-state index contributed by atoms with van der Waals surface area (Å²) in [5.41, 5.74) is 7.01. The summed E-state index contributed by atoms with van der Waals surface area (Å²) in [6.07, 6.45) is 1.05. The SMILES string of the molecule is CCNC(Cc1c(C)cc(C)cc1C)c1csc(Br)c1. The zero-order valence-corrected chi connectivity index (χ0v) is 15.0. The Balaban J connectivity index is 2.29. The first-order valence-corrected chi connectivity index (χ1v) is 8.72. The van der Waals surface area contributed by atoms with Crippen LogP contribution in [0, 0.1) is 20.8 Å². The van der Waals surface area contributed by atoms with Crippen LogP contribution in [-0.2, 0) is 6.42 Å². The normalized spacial score (nSPS) is 12.7. The van der Waals surface area contributed by atoms with Gasteiger partial charge in [0.2, 0.25) is 0 Å². The lowest BCUT2D eigenvalue weighted by Gasteiger charge is -2.20. The number of likely N-dealkylation sites (N-methyl/N-ethyl adjacent to an activating group) is 1. The minimum absolute atomic E-state index is 0.391. The number of nitrogens with one attached hydrogen (secondary N) is 1. The molecule has 0 aliphatic carbocycles. The summed E-state index contributed by atoms with van der Waals surface area (Å²) in [6.45, 7) is 9.77. The Morgan fingerprint density at radius 2 is 1.80 bits per heavy atom. The number of hydrogen-bond donors (Lipinski definition) is 1. The van der Waals surface area contributed by atoms with Crippen LogP contribution in [0.5, 0.6) is 0 Å². The molecule has 0 saturated heterocycles. The lowest BCUT2D eigenvalue weighted by atomic mass is 9.92. The van der Waals surface area contributed by atoms with Crippen molar-refractivity contribution in [2.75, 3.05) is 6.54 Å². The molecule has 0 radical (unpaired) electrons. The van der Waals surface area contributed by atoms with Crippen LogP contribution in [0.2, 0.25) is 0 Å². The van der Waals surface area contributed by atoms with Gasteiger partial charge in [-0.3, -0.25) is 0 Å². The first-order chi connectivity index (χ1) is 9.51. The van der Waals surface area contributed by atoms with Gasteiger partial charge in [-0.1, -0.05) is 24.6 Å². The molecule has 1 unspecified atom stereocenters. The highest BCUT2D eigenvalue weighted by molar-refractivity contribution is 9.11. The fourth-order valence-corrected chi connectivity index (χ4v) is 4.03. The molecule has 1 heterocycles. The second-order valence-electron chi connectivity index (χ2n) is 5.38. The third-order valence-electron chi connectivity index (χ3n) is 3.69. The average molecular weight is 352 g/mol. The summed E-state index contributed by atoms with van der Waals surface area (Å²) in [5, 5.41) is 5.86. The van der Waals surface area contributed by atoms with Crippen molar-refractivity contribution in [3.05, 3.63) is 55.2 Å². The van der Waals surface area contributed by atoms with Crippen molar-refractivity contribution in [1.82, 2.24) is 5.32 Å². The lowest BCUT2D eigenvalue weighted by molar-refractivity contribution is 0.549. The van der Waals surface area contributed by atoms with Crippen LogP contribution < -0.4 is 5.32 Å². The minimum Gasteiger partial charge on any atom is -0.310 e. The van der Waals surface area contributed by atoms with Gasteiger partial charge in [0.05, 0.1) is 3.79 Å². The van der Waals surface area contributed by atoms with Crippen LogP contribution >= 0.6 is 27.3 Å². The second kappa shape index (κ2) is 6.88. The van der Waals surface area contributed by atoms with E-state index < -0.39 is 0 Å². The van der Waals surface area contributed by atoms with Crippen LogP contribution in [0.25, 0.3) is 0 Å². The highest BCUT2D eigenvalue weighted by Gasteiger charge is 2.15. The van der Waals surface area contributed by atoms with Gasteiger partial charge in [-0.25, -0.2) is 0 Å². The molecule has 1 atom stereocenters. The van der Waals surface area contributed by atoms with Crippen LogP contribution in [0.1, 0.15) is 40.8 Å². The molecule has 2 rings (SSSR count). The molecule has 0 bridgehead atoms. The zero-order valence-electron chi connectivity index (χ0n) is 12.6. The Bertz CT molecular complexity index is 565. The fourth-order valence-electron chi connectivity index (χ4n) is 2.80. The summed E-state index contributed by atoms with van der Waals surface area (Å²) in [4.78, 5) is 0. The Morgan fingerprint density at radius 1 is 1.15 bits per heavy atom. The van der Waals surface area contributed by atoms with Gasteiger partial charge in [-0.2, -0.15) is 0 Å². The van der Waals surface area contributed by atoms with Crippen molar-refractivity contribution in [2.24, 2.45) is 0 Å². The highest BCUT2D eigenvalue weighted by atomic mass is 79.9. The molecule has 0 amide bonds. The van der Waals surface area contributed by atoms with Crippen molar-refractivity contribution in [2.45, 2.75) is 40.2 Å². The Kier molecular flexibility index (Phi) is 5.42. The largest absolute Gasteiger partial charge is 0.310 e. The maximum Gasteiger partial charge on any atom is 0.0701 e. The molecular formula is C17H22BrNS.